The number of carbonyl (C=O) groups is 1. The van der Waals surface area contributed by atoms with E-state index in [2.05, 4.69) is 103 Å². The molecule has 6 heteroatoms. The van der Waals surface area contributed by atoms with Gasteiger partial charge in [0.05, 0.1) is 18.6 Å². The summed E-state index contributed by atoms with van der Waals surface area (Å²) in [6.45, 7) is 20.3. The monoisotopic (exact) mass is 512 g/mol. The molecule has 0 aromatic heterocycles. The molecule has 0 unspecified atom stereocenters. The van der Waals surface area contributed by atoms with Crippen LogP contribution in [0.15, 0.2) is 60.7 Å². The van der Waals surface area contributed by atoms with Crippen molar-refractivity contribution in [1.82, 2.24) is 0 Å². The van der Waals surface area contributed by atoms with Crippen LogP contribution in [0.3, 0.4) is 0 Å². The van der Waals surface area contributed by atoms with Crippen LogP contribution >= 0.6 is 0 Å². The van der Waals surface area contributed by atoms with Crippen molar-refractivity contribution in [2.75, 3.05) is 6.61 Å². The number of esters is 1. The zero-order chi connectivity index (χ0) is 26.1. The summed E-state index contributed by atoms with van der Waals surface area (Å²) >= 11 is 0. The Kier molecular flexibility index (Phi) is 8.21. The minimum absolute atomic E-state index is 0.0784. The highest BCUT2D eigenvalue weighted by Gasteiger charge is 2.51. The molecule has 192 valence electrons. The molecule has 0 saturated carbocycles. The van der Waals surface area contributed by atoms with Crippen LogP contribution in [0.4, 0.5) is 0 Å². The van der Waals surface area contributed by atoms with Crippen LogP contribution in [0.1, 0.15) is 54.9 Å². The second kappa shape index (κ2) is 10.3. The van der Waals surface area contributed by atoms with Gasteiger partial charge in [0.2, 0.25) is 0 Å². The molecule has 2 aromatic carbocycles. The highest BCUT2D eigenvalue weighted by Crippen LogP contribution is 2.40. The van der Waals surface area contributed by atoms with Crippen LogP contribution in [0, 0.1) is 5.92 Å². The van der Waals surface area contributed by atoms with E-state index < -0.39 is 16.6 Å². The van der Waals surface area contributed by atoms with Crippen LogP contribution in [0.5, 0.6) is 0 Å². The third-order valence-electron chi connectivity index (χ3n) is 7.86. The Hall–Kier alpha value is -1.74. The van der Waals surface area contributed by atoms with E-state index in [1.165, 1.54) is 10.4 Å². The van der Waals surface area contributed by atoms with Crippen molar-refractivity contribution in [1.29, 1.82) is 0 Å². The minimum atomic E-state index is -2.69. The second-order valence-electron chi connectivity index (χ2n) is 12.5. The fourth-order valence-corrected chi connectivity index (χ4v) is 10.7. The first-order chi connectivity index (χ1) is 16.2. The molecule has 1 fully saturated rings. The maximum Gasteiger partial charge on any atom is 0.311 e. The van der Waals surface area contributed by atoms with Crippen LogP contribution < -0.4 is 10.4 Å². The summed E-state index contributed by atoms with van der Waals surface area (Å²) in [5, 5.41) is 2.40. The first-order valence-electron chi connectivity index (χ1n) is 12.8. The van der Waals surface area contributed by atoms with Crippen molar-refractivity contribution >= 4 is 33.0 Å². The minimum Gasteiger partial charge on any atom is -0.460 e. The smallest absolute Gasteiger partial charge is 0.311 e. The van der Waals surface area contributed by atoms with Crippen LogP contribution in [-0.2, 0) is 18.4 Å². The van der Waals surface area contributed by atoms with Gasteiger partial charge >= 0.3 is 5.97 Å². The van der Waals surface area contributed by atoms with E-state index in [1.54, 1.807) is 0 Å². The topological polar surface area (TPSA) is 44.8 Å². The van der Waals surface area contributed by atoms with E-state index in [0.717, 1.165) is 0 Å². The Morgan fingerprint density at radius 3 is 1.77 bits per heavy atom. The van der Waals surface area contributed by atoms with Crippen molar-refractivity contribution in [2.45, 2.75) is 90.3 Å². The lowest BCUT2D eigenvalue weighted by molar-refractivity contribution is -0.169. The first-order valence-corrected chi connectivity index (χ1v) is 17.6. The van der Waals surface area contributed by atoms with Crippen molar-refractivity contribution in [3.63, 3.8) is 0 Å². The molecular weight excluding hydrogens is 468 g/mol. The fourth-order valence-electron chi connectivity index (χ4n) is 4.72. The summed E-state index contributed by atoms with van der Waals surface area (Å²) in [5.41, 5.74) is 0. The zero-order valence-electron chi connectivity index (χ0n) is 23.1. The number of hydrogen-bond donors (Lipinski definition) is 0. The molecule has 0 aliphatic carbocycles. The summed E-state index contributed by atoms with van der Waals surface area (Å²) in [7, 11) is -4.72. The third kappa shape index (κ3) is 5.82. The molecule has 1 aliphatic rings. The van der Waals surface area contributed by atoms with Crippen molar-refractivity contribution < 1.29 is 18.4 Å². The molecule has 4 nitrogen and oxygen atoms in total. The van der Waals surface area contributed by atoms with Crippen molar-refractivity contribution in [2.24, 2.45) is 5.92 Å². The van der Waals surface area contributed by atoms with Crippen molar-refractivity contribution in [3.05, 3.63) is 60.7 Å². The van der Waals surface area contributed by atoms with E-state index >= 15 is 0 Å². The molecule has 0 spiro atoms. The van der Waals surface area contributed by atoms with E-state index in [4.69, 9.17) is 13.6 Å². The number of hydrogen-bond acceptors (Lipinski definition) is 4. The molecule has 2 aromatic rings. The number of carbonyl (C=O) groups excluding carboxylic acids is 1. The van der Waals surface area contributed by atoms with Gasteiger partial charge in [0.1, 0.15) is 6.10 Å². The Morgan fingerprint density at radius 1 is 0.857 bits per heavy atom. The SMILES string of the molecule is C[C@@H]1C(=O)O[C@H](CO[Si](c2ccccc2)(c2ccccc2)C(C)(C)C)C[C@H]1O[Si](C)(C)C(C)(C)C. The third-order valence-corrected chi connectivity index (χ3v) is 17.4. The average Bonchev–Trinajstić information content (AvgIpc) is 2.77. The number of cyclic esters (lactones) is 1. The van der Waals surface area contributed by atoms with Gasteiger partial charge in [-0.1, -0.05) is 102 Å². The molecule has 1 aliphatic heterocycles. The molecule has 0 bridgehead atoms. The van der Waals surface area contributed by atoms with Gasteiger partial charge in [-0.2, -0.15) is 0 Å². The lowest BCUT2D eigenvalue weighted by atomic mass is 9.96. The molecule has 0 amide bonds. The normalized spacial score (nSPS) is 22.1. The summed E-state index contributed by atoms with van der Waals surface area (Å²) < 4.78 is 19.7. The molecule has 35 heavy (non-hydrogen) atoms. The van der Waals surface area contributed by atoms with E-state index in [0.29, 0.717) is 13.0 Å². The maximum atomic E-state index is 12.9. The molecular formula is C29H44O4Si2. The molecule has 3 atom stereocenters. The Bertz CT molecular complexity index is 938. The van der Waals surface area contributed by atoms with Gasteiger partial charge < -0.3 is 13.6 Å². The van der Waals surface area contributed by atoms with Gasteiger partial charge in [0.25, 0.3) is 8.32 Å². The van der Waals surface area contributed by atoms with Gasteiger partial charge in [-0.25, -0.2) is 0 Å². The quantitative estimate of drug-likeness (QED) is 0.342. The van der Waals surface area contributed by atoms with Crippen LogP contribution in [0.2, 0.25) is 23.2 Å². The highest BCUT2D eigenvalue weighted by molar-refractivity contribution is 6.99. The Labute approximate surface area is 214 Å². The number of benzene rings is 2. The summed E-state index contributed by atoms with van der Waals surface area (Å²) in [4.78, 5) is 12.9. The van der Waals surface area contributed by atoms with E-state index in [9.17, 15) is 4.79 Å². The van der Waals surface area contributed by atoms with E-state index in [1.807, 2.05) is 19.1 Å². The van der Waals surface area contributed by atoms with Gasteiger partial charge in [-0.3, -0.25) is 4.79 Å². The zero-order valence-corrected chi connectivity index (χ0v) is 25.1. The number of ether oxygens (including phenoxy) is 1. The highest BCUT2D eigenvalue weighted by atomic mass is 28.4. The van der Waals surface area contributed by atoms with E-state index in [-0.39, 0.29) is 34.2 Å². The van der Waals surface area contributed by atoms with Gasteiger partial charge in [-0.15, -0.1) is 0 Å². The molecule has 0 N–H and O–H groups in total. The van der Waals surface area contributed by atoms with Crippen LogP contribution in [-0.4, -0.2) is 41.4 Å². The maximum absolute atomic E-state index is 12.9. The van der Waals surface area contributed by atoms with Gasteiger partial charge in [0, 0.05) is 6.42 Å². The second-order valence-corrected chi connectivity index (χ2v) is 21.5. The molecule has 1 saturated heterocycles. The average molecular weight is 513 g/mol. The standard InChI is InChI=1S/C29H44O4Si2/c1-22-26(33-34(8,9)28(2,3)4)20-23(32-27(22)30)21-31-35(29(5,6)7,24-16-12-10-13-17-24)25-18-14-11-15-19-25/h10-19,22-23,26H,20-21H2,1-9H3/t22-,23-,26+/m0/s1. The number of rotatable bonds is 7. The van der Waals surface area contributed by atoms with Gasteiger partial charge in [0.15, 0.2) is 8.32 Å². The van der Waals surface area contributed by atoms with Crippen molar-refractivity contribution in [3.8, 4) is 0 Å². The molecule has 0 radical (unpaired) electrons. The first kappa shape index (κ1) is 27.8. The Balaban J connectivity index is 1.92. The van der Waals surface area contributed by atoms with Gasteiger partial charge in [-0.05, 0) is 40.5 Å². The molecule has 3 rings (SSSR count). The summed E-state index contributed by atoms with van der Waals surface area (Å²) in [6, 6.07) is 21.2. The fraction of sp³-hybridized carbons (Fsp3) is 0.552. The molecule has 1 heterocycles. The summed E-state index contributed by atoms with van der Waals surface area (Å²) in [6.07, 6.45) is 0.192. The summed E-state index contributed by atoms with van der Waals surface area (Å²) in [5.74, 6) is -0.454. The lowest BCUT2D eigenvalue weighted by Gasteiger charge is -2.45. The van der Waals surface area contributed by atoms with Crippen LogP contribution in [0.25, 0.3) is 0 Å². The predicted octanol–water partition coefficient (Wildman–Crippen LogP) is 5.91. The largest absolute Gasteiger partial charge is 0.460 e. The predicted molar refractivity (Wildman–Crippen MR) is 149 cm³/mol. The lowest BCUT2D eigenvalue weighted by Crippen LogP contribution is -2.67. The Morgan fingerprint density at radius 2 is 1.34 bits per heavy atom.